The molecule has 2 nitrogen and oxygen atoms in total. The molecule has 1 aliphatic rings. The van der Waals surface area contributed by atoms with Gasteiger partial charge in [0.25, 0.3) is 0 Å². The fourth-order valence-electron chi connectivity index (χ4n) is 1.90. The zero-order valence-electron chi connectivity index (χ0n) is 9.32. The van der Waals surface area contributed by atoms with Crippen LogP contribution in [0.1, 0.15) is 25.7 Å². The van der Waals surface area contributed by atoms with Gasteiger partial charge in [-0.1, -0.05) is 11.6 Å². The van der Waals surface area contributed by atoms with Gasteiger partial charge in [0.05, 0.1) is 12.7 Å². The van der Waals surface area contributed by atoms with Crippen LogP contribution in [0.2, 0.25) is 5.02 Å². The molecule has 1 unspecified atom stereocenters. The predicted molar refractivity (Wildman–Crippen MR) is 65.2 cm³/mol. The highest BCUT2D eigenvalue weighted by Gasteiger charge is 2.14. The summed E-state index contributed by atoms with van der Waals surface area (Å²) < 4.78 is 11.2. The minimum absolute atomic E-state index is 0.466. The van der Waals surface area contributed by atoms with Gasteiger partial charge in [-0.05, 0) is 49.9 Å². The van der Waals surface area contributed by atoms with Crippen LogP contribution in [-0.2, 0) is 4.74 Å². The third-order valence-electron chi connectivity index (χ3n) is 2.78. The van der Waals surface area contributed by atoms with Crippen molar-refractivity contribution in [3.05, 3.63) is 29.3 Å². The Morgan fingerprint density at radius 1 is 1.31 bits per heavy atom. The van der Waals surface area contributed by atoms with Crippen LogP contribution < -0.4 is 4.74 Å². The zero-order chi connectivity index (χ0) is 11.2. The molecule has 0 N–H and O–H groups in total. The molecule has 0 amide bonds. The summed E-state index contributed by atoms with van der Waals surface area (Å²) >= 11 is 5.79. The highest BCUT2D eigenvalue weighted by Crippen LogP contribution is 2.18. The molecule has 1 aromatic rings. The highest BCUT2D eigenvalue weighted by molar-refractivity contribution is 6.30. The van der Waals surface area contributed by atoms with Crippen LogP contribution in [0.4, 0.5) is 0 Å². The molecule has 1 fully saturated rings. The molecule has 0 saturated carbocycles. The van der Waals surface area contributed by atoms with Crippen molar-refractivity contribution in [3.63, 3.8) is 0 Å². The van der Waals surface area contributed by atoms with Crippen LogP contribution in [-0.4, -0.2) is 19.3 Å². The van der Waals surface area contributed by atoms with E-state index in [4.69, 9.17) is 21.1 Å². The minimum atomic E-state index is 0.466. The molecule has 0 aromatic heterocycles. The topological polar surface area (TPSA) is 18.5 Å². The van der Waals surface area contributed by atoms with Crippen molar-refractivity contribution in [1.82, 2.24) is 0 Å². The van der Waals surface area contributed by atoms with E-state index in [1.54, 1.807) is 0 Å². The molecule has 3 heteroatoms. The second-order valence-electron chi connectivity index (χ2n) is 4.08. The maximum absolute atomic E-state index is 5.79. The Morgan fingerprint density at radius 2 is 2.12 bits per heavy atom. The van der Waals surface area contributed by atoms with E-state index in [1.807, 2.05) is 24.3 Å². The molecule has 1 aliphatic heterocycles. The Morgan fingerprint density at radius 3 is 2.81 bits per heavy atom. The van der Waals surface area contributed by atoms with E-state index in [1.165, 1.54) is 12.8 Å². The van der Waals surface area contributed by atoms with Gasteiger partial charge in [0.1, 0.15) is 5.75 Å². The van der Waals surface area contributed by atoms with Crippen LogP contribution in [0, 0.1) is 0 Å². The first-order chi connectivity index (χ1) is 7.84. The monoisotopic (exact) mass is 240 g/mol. The first-order valence-corrected chi connectivity index (χ1v) is 6.22. The average molecular weight is 241 g/mol. The summed E-state index contributed by atoms with van der Waals surface area (Å²) in [6, 6.07) is 7.48. The Bertz CT molecular complexity index is 304. The molecular formula is C13H17ClO2. The molecule has 2 rings (SSSR count). The number of halogens is 1. The summed E-state index contributed by atoms with van der Waals surface area (Å²) in [5.41, 5.74) is 0. The van der Waals surface area contributed by atoms with Crippen LogP contribution in [0.3, 0.4) is 0 Å². The van der Waals surface area contributed by atoms with Crippen molar-refractivity contribution in [2.45, 2.75) is 31.8 Å². The van der Waals surface area contributed by atoms with E-state index in [0.29, 0.717) is 6.10 Å². The molecule has 0 spiro atoms. The van der Waals surface area contributed by atoms with E-state index >= 15 is 0 Å². The lowest BCUT2D eigenvalue weighted by atomic mass is 10.1. The fourth-order valence-corrected chi connectivity index (χ4v) is 2.03. The summed E-state index contributed by atoms with van der Waals surface area (Å²) in [7, 11) is 0. The molecule has 0 aliphatic carbocycles. The standard InChI is InChI=1S/C13H17ClO2/c14-11-5-7-13(8-6-11)16-10-2-4-12-3-1-9-15-12/h5-8,12H,1-4,9-10H2. The summed E-state index contributed by atoms with van der Waals surface area (Å²) in [5, 5.41) is 0.742. The number of benzene rings is 1. The Kier molecular flexibility index (Phi) is 4.49. The number of ether oxygens (including phenoxy) is 2. The second kappa shape index (κ2) is 6.12. The molecular weight excluding hydrogens is 224 g/mol. The van der Waals surface area contributed by atoms with Crippen molar-refractivity contribution in [1.29, 1.82) is 0 Å². The van der Waals surface area contributed by atoms with E-state index in [9.17, 15) is 0 Å². The summed E-state index contributed by atoms with van der Waals surface area (Å²) in [5.74, 6) is 0.886. The Hall–Kier alpha value is -0.730. The smallest absolute Gasteiger partial charge is 0.119 e. The third kappa shape index (κ3) is 3.69. The second-order valence-corrected chi connectivity index (χ2v) is 4.52. The molecule has 1 heterocycles. The van der Waals surface area contributed by atoms with Gasteiger partial charge in [0, 0.05) is 11.6 Å². The van der Waals surface area contributed by atoms with Crippen LogP contribution >= 0.6 is 11.6 Å². The van der Waals surface area contributed by atoms with Crippen LogP contribution in [0.5, 0.6) is 5.75 Å². The molecule has 16 heavy (non-hydrogen) atoms. The van der Waals surface area contributed by atoms with Gasteiger partial charge in [0.15, 0.2) is 0 Å². The van der Waals surface area contributed by atoms with E-state index in [-0.39, 0.29) is 0 Å². The molecule has 1 atom stereocenters. The SMILES string of the molecule is Clc1ccc(OCCCC2CCCO2)cc1. The highest BCUT2D eigenvalue weighted by atomic mass is 35.5. The fraction of sp³-hybridized carbons (Fsp3) is 0.538. The number of hydrogen-bond donors (Lipinski definition) is 0. The van der Waals surface area contributed by atoms with Gasteiger partial charge in [-0.15, -0.1) is 0 Å². The molecule has 1 saturated heterocycles. The molecule has 0 radical (unpaired) electrons. The van der Waals surface area contributed by atoms with E-state index < -0.39 is 0 Å². The summed E-state index contributed by atoms with van der Waals surface area (Å²) in [6.07, 6.45) is 5.04. The summed E-state index contributed by atoms with van der Waals surface area (Å²) in [4.78, 5) is 0. The third-order valence-corrected chi connectivity index (χ3v) is 3.03. The van der Waals surface area contributed by atoms with Gasteiger partial charge in [-0.3, -0.25) is 0 Å². The maximum atomic E-state index is 5.79. The minimum Gasteiger partial charge on any atom is -0.494 e. The first-order valence-electron chi connectivity index (χ1n) is 5.84. The molecule has 88 valence electrons. The van der Waals surface area contributed by atoms with Gasteiger partial charge < -0.3 is 9.47 Å². The van der Waals surface area contributed by atoms with Crippen molar-refractivity contribution in [2.24, 2.45) is 0 Å². The van der Waals surface area contributed by atoms with Gasteiger partial charge in [-0.25, -0.2) is 0 Å². The first kappa shape index (κ1) is 11.7. The zero-order valence-corrected chi connectivity index (χ0v) is 10.1. The van der Waals surface area contributed by atoms with Gasteiger partial charge in [0.2, 0.25) is 0 Å². The molecule has 1 aromatic carbocycles. The van der Waals surface area contributed by atoms with Crippen molar-refractivity contribution in [3.8, 4) is 5.75 Å². The quantitative estimate of drug-likeness (QED) is 0.731. The van der Waals surface area contributed by atoms with Crippen molar-refractivity contribution in [2.75, 3.05) is 13.2 Å². The lowest BCUT2D eigenvalue weighted by molar-refractivity contribution is 0.0981. The van der Waals surface area contributed by atoms with Crippen molar-refractivity contribution < 1.29 is 9.47 Å². The van der Waals surface area contributed by atoms with Crippen molar-refractivity contribution >= 4 is 11.6 Å². The largest absolute Gasteiger partial charge is 0.494 e. The average Bonchev–Trinajstić information content (AvgIpc) is 2.80. The van der Waals surface area contributed by atoms with E-state index in [0.717, 1.165) is 36.8 Å². The van der Waals surface area contributed by atoms with E-state index in [2.05, 4.69) is 0 Å². The number of rotatable bonds is 5. The Balaban J connectivity index is 1.62. The lowest BCUT2D eigenvalue weighted by Crippen LogP contribution is -2.07. The normalized spacial score (nSPS) is 19.9. The maximum Gasteiger partial charge on any atom is 0.119 e. The number of hydrogen-bond acceptors (Lipinski definition) is 2. The van der Waals surface area contributed by atoms with Crippen LogP contribution in [0.15, 0.2) is 24.3 Å². The Labute approximate surface area is 102 Å². The van der Waals surface area contributed by atoms with Gasteiger partial charge in [-0.2, -0.15) is 0 Å². The molecule has 0 bridgehead atoms. The predicted octanol–water partition coefficient (Wildman–Crippen LogP) is 3.68. The summed E-state index contributed by atoms with van der Waals surface area (Å²) in [6.45, 7) is 1.68. The van der Waals surface area contributed by atoms with Crippen LogP contribution in [0.25, 0.3) is 0 Å². The lowest BCUT2D eigenvalue weighted by Gasteiger charge is -2.09. The van der Waals surface area contributed by atoms with Gasteiger partial charge >= 0.3 is 0 Å².